The molecule has 0 aromatic carbocycles. The molecule has 0 radical (unpaired) electrons. The zero-order valence-electron chi connectivity index (χ0n) is 13.8. The van der Waals surface area contributed by atoms with E-state index in [2.05, 4.69) is 26.1 Å². The van der Waals surface area contributed by atoms with Crippen molar-refractivity contribution in [2.24, 2.45) is 11.8 Å². The van der Waals surface area contributed by atoms with Crippen molar-refractivity contribution in [1.82, 2.24) is 15.3 Å². The number of nitrogens with one attached hydrogen (secondary N) is 1. The molecule has 2 aliphatic rings. The highest BCUT2D eigenvalue weighted by atomic mass is 14.9. The van der Waals surface area contributed by atoms with Crippen molar-refractivity contribution in [1.29, 1.82) is 0 Å². The minimum Gasteiger partial charge on any atom is -0.317 e. The highest BCUT2D eigenvalue weighted by Gasteiger charge is 2.41. The van der Waals surface area contributed by atoms with Gasteiger partial charge in [-0.2, -0.15) is 0 Å². The summed E-state index contributed by atoms with van der Waals surface area (Å²) < 4.78 is 0. The van der Waals surface area contributed by atoms with Crippen molar-refractivity contribution in [3.05, 3.63) is 22.8 Å². The van der Waals surface area contributed by atoms with E-state index >= 15 is 0 Å². The van der Waals surface area contributed by atoms with Crippen molar-refractivity contribution in [2.45, 2.75) is 65.2 Å². The van der Waals surface area contributed by atoms with Crippen LogP contribution in [-0.4, -0.2) is 23.1 Å². The normalized spacial score (nSPS) is 27.5. The van der Waals surface area contributed by atoms with E-state index in [1.807, 2.05) is 0 Å². The van der Waals surface area contributed by atoms with Crippen molar-refractivity contribution in [3.8, 4) is 0 Å². The third-order valence-electron chi connectivity index (χ3n) is 5.54. The zero-order chi connectivity index (χ0) is 14.8. The maximum absolute atomic E-state index is 4.90. The summed E-state index contributed by atoms with van der Waals surface area (Å²) in [7, 11) is 0. The fraction of sp³-hybridized carbons (Fsp3) is 0.778. The lowest BCUT2D eigenvalue weighted by molar-refractivity contribution is 0.404. The quantitative estimate of drug-likeness (QED) is 0.813. The van der Waals surface area contributed by atoms with Crippen LogP contribution in [0.15, 0.2) is 0 Å². The van der Waals surface area contributed by atoms with Crippen LogP contribution < -0.4 is 5.32 Å². The van der Waals surface area contributed by atoms with E-state index in [9.17, 15) is 0 Å². The monoisotopic (exact) mass is 287 g/mol. The first kappa shape index (κ1) is 15.0. The SMILES string of the molecule is CCNCCCc1c(C)nc(C2CC3CCC2C3)nc1C. The Bertz CT molecular complexity index is 474. The van der Waals surface area contributed by atoms with Crippen LogP contribution in [0.5, 0.6) is 0 Å². The highest BCUT2D eigenvalue weighted by Crippen LogP contribution is 2.52. The molecule has 2 aliphatic carbocycles. The van der Waals surface area contributed by atoms with Gasteiger partial charge in [-0.05, 0) is 76.4 Å². The molecule has 3 rings (SSSR count). The lowest BCUT2D eigenvalue weighted by Gasteiger charge is -2.22. The fourth-order valence-corrected chi connectivity index (χ4v) is 4.42. The van der Waals surface area contributed by atoms with E-state index in [1.54, 1.807) is 0 Å². The molecule has 3 atom stereocenters. The van der Waals surface area contributed by atoms with Crippen LogP contribution >= 0.6 is 0 Å². The minimum atomic E-state index is 0.650. The van der Waals surface area contributed by atoms with Gasteiger partial charge in [0.25, 0.3) is 0 Å². The topological polar surface area (TPSA) is 37.8 Å². The average molecular weight is 287 g/mol. The molecule has 21 heavy (non-hydrogen) atoms. The molecule has 1 aromatic heterocycles. The summed E-state index contributed by atoms with van der Waals surface area (Å²) in [5.41, 5.74) is 3.81. The molecule has 1 aromatic rings. The largest absolute Gasteiger partial charge is 0.317 e. The lowest BCUT2D eigenvalue weighted by atomic mass is 9.88. The van der Waals surface area contributed by atoms with Gasteiger partial charge in [-0.3, -0.25) is 0 Å². The summed E-state index contributed by atoms with van der Waals surface area (Å²) in [6, 6.07) is 0. The second-order valence-corrected chi connectivity index (χ2v) is 6.97. The number of rotatable bonds is 6. The number of hydrogen-bond donors (Lipinski definition) is 1. The Morgan fingerprint density at radius 3 is 2.43 bits per heavy atom. The van der Waals surface area contributed by atoms with Crippen LogP contribution in [0.3, 0.4) is 0 Å². The molecule has 0 saturated heterocycles. The van der Waals surface area contributed by atoms with E-state index in [0.717, 1.165) is 37.2 Å². The number of aryl methyl sites for hydroxylation is 2. The van der Waals surface area contributed by atoms with Gasteiger partial charge in [0.1, 0.15) is 5.82 Å². The maximum Gasteiger partial charge on any atom is 0.132 e. The lowest BCUT2D eigenvalue weighted by Crippen LogP contribution is -2.17. The molecule has 0 aliphatic heterocycles. The molecule has 2 saturated carbocycles. The van der Waals surface area contributed by atoms with Crippen LogP contribution in [0.2, 0.25) is 0 Å². The third kappa shape index (κ3) is 3.13. The molecule has 2 bridgehead atoms. The van der Waals surface area contributed by atoms with E-state index in [4.69, 9.17) is 9.97 Å². The molecule has 3 unspecified atom stereocenters. The summed E-state index contributed by atoms with van der Waals surface area (Å²) >= 11 is 0. The Morgan fingerprint density at radius 1 is 1.10 bits per heavy atom. The summed E-state index contributed by atoms with van der Waals surface area (Å²) in [6.45, 7) is 8.65. The molecule has 1 heterocycles. The van der Waals surface area contributed by atoms with Gasteiger partial charge in [0.2, 0.25) is 0 Å². The predicted molar refractivity (Wildman–Crippen MR) is 86.6 cm³/mol. The second-order valence-electron chi connectivity index (χ2n) is 6.97. The van der Waals surface area contributed by atoms with Gasteiger partial charge < -0.3 is 5.32 Å². The van der Waals surface area contributed by atoms with E-state index in [-0.39, 0.29) is 0 Å². The summed E-state index contributed by atoms with van der Waals surface area (Å²) in [4.78, 5) is 9.80. The number of fused-ring (bicyclic) bond motifs is 2. The smallest absolute Gasteiger partial charge is 0.132 e. The van der Waals surface area contributed by atoms with Crippen LogP contribution in [-0.2, 0) is 6.42 Å². The van der Waals surface area contributed by atoms with Crippen LogP contribution in [0.4, 0.5) is 0 Å². The zero-order valence-corrected chi connectivity index (χ0v) is 13.8. The van der Waals surface area contributed by atoms with Crippen LogP contribution in [0.25, 0.3) is 0 Å². The van der Waals surface area contributed by atoms with Crippen molar-refractivity contribution in [3.63, 3.8) is 0 Å². The highest BCUT2D eigenvalue weighted by molar-refractivity contribution is 5.26. The van der Waals surface area contributed by atoms with Crippen molar-refractivity contribution < 1.29 is 0 Å². The van der Waals surface area contributed by atoms with Gasteiger partial charge in [0.15, 0.2) is 0 Å². The standard InChI is InChI=1S/C18H29N3/c1-4-19-9-5-6-16-12(2)20-18(21-13(16)3)17-11-14-7-8-15(17)10-14/h14-15,17,19H,4-11H2,1-3H3. The Labute approximate surface area is 129 Å². The molecule has 0 amide bonds. The molecule has 3 nitrogen and oxygen atoms in total. The molecular weight excluding hydrogens is 258 g/mol. The summed E-state index contributed by atoms with van der Waals surface area (Å²) in [6.07, 6.45) is 7.89. The van der Waals surface area contributed by atoms with Gasteiger partial charge in [0, 0.05) is 17.3 Å². The van der Waals surface area contributed by atoms with Gasteiger partial charge in [0.05, 0.1) is 0 Å². The second kappa shape index (κ2) is 6.43. The first-order valence-electron chi connectivity index (χ1n) is 8.73. The predicted octanol–water partition coefficient (Wildman–Crippen LogP) is 3.54. The molecule has 1 N–H and O–H groups in total. The van der Waals surface area contributed by atoms with Gasteiger partial charge >= 0.3 is 0 Å². The van der Waals surface area contributed by atoms with E-state index in [0.29, 0.717) is 5.92 Å². The molecule has 3 heteroatoms. The molecule has 116 valence electrons. The first-order valence-corrected chi connectivity index (χ1v) is 8.73. The van der Waals surface area contributed by atoms with Crippen molar-refractivity contribution >= 4 is 0 Å². The van der Waals surface area contributed by atoms with Gasteiger partial charge in [-0.1, -0.05) is 13.3 Å². The summed E-state index contributed by atoms with van der Waals surface area (Å²) in [5.74, 6) is 3.63. The van der Waals surface area contributed by atoms with Gasteiger partial charge in [-0.15, -0.1) is 0 Å². The molecule has 0 spiro atoms. The average Bonchev–Trinajstić information content (AvgIpc) is 3.08. The van der Waals surface area contributed by atoms with Gasteiger partial charge in [-0.25, -0.2) is 9.97 Å². The number of aromatic nitrogens is 2. The Kier molecular flexibility index (Phi) is 4.58. The summed E-state index contributed by atoms with van der Waals surface area (Å²) in [5, 5.41) is 3.39. The number of nitrogens with zero attached hydrogens (tertiary/aromatic N) is 2. The van der Waals surface area contributed by atoms with E-state index in [1.165, 1.54) is 49.1 Å². The Hall–Kier alpha value is -0.960. The minimum absolute atomic E-state index is 0.650. The third-order valence-corrected chi connectivity index (χ3v) is 5.54. The Balaban J connectivity index is 1.70. The molecule has 2 fully saturated rings. The van der Waals surface area contributed by atoms with Crippen LogP contribution in [0.1, 0.15) is 67.7 Å². The maximum atomic E-state index is 4.90. The first-order chi connectivity index (χ1) is 10.2. The number of hydrogen-bond acceptors (Lipinski definition) is 3. The van der Waals surface area contributed by atoms with E-state index < -0.39 is 0 Å². The fourth-order valence-electron chi connectivity index (χ4n) is 4.42. The van der Waals surface area contributed by atoms with Crippen LogP contribution in [0, 0.1) is 25.7 Å². The van der Waals surface area contributed by atoms with Crippen molar-refractivity contribution in [2.75, 3.05) is 13.1 Å². The Morgan fingerprint density at radius 2 is 1.86 bits per heavy atom. The molecular formula is C18H29N3.